The third-order valence-electron chi connectivity index (χ3n) is 1.52. The van der Waals surface area contributed by atoms with Crippen molar-refractivity contribution >= 4 is 5.96 Å². The Morgan fingerprint density at radius 1 is 1.46 bits per heavy atom. The van der Waals surface area contributed by atoms with Crippen LogP contribution in [0.5, 0.6) is 0 Å². The fourth-order valence-electron chi connectivity index (χ4n) is 0.834. The number of guanidine groups is 1. The maximum atomic E-state index is 7.64. The van der Waals surface area contributed by atoms with Crippen molar-refractivity contribution in [2.75, 3.05) is 33.2 Å². The molecule has 5 N–H and O–H groups in total. The standard InChI is InChI=1S/C5H12N2.C2H4N4/c1-7-4-2-6-3-5-7;3-1-6-2(4)5/h6H,2-5H2,1H3;(H4,4,5,6). The van der Waals surface area contributed by atoms with Crippen molar-refractivity contribution in [3.05, 3.63) is 0 Å². The highest BCUT2D eigenvalue weighted by Gasteiger charge is 2.01. The van der Waals surface area contributed by atoms with Gasteiger partial charge < -0.3 is 21.7 Å². The molecule has 6 nitrogen and oxygen atoms in total. The van der Waals surface area contributed by atoms with E-state index in [0.717, 1.165) is 13.1 Å². The number of nitrogens with two attached hydrogens (primary N) is 2. The van der Waals surface area contributed by atoms with E-state index in [2.05, 4.69) is 22.3 Å². The predicted molar refractivity (Wildman–Crippen MR) is 51.8 cm³/mol. The van der Waals surface area contributed by atoms with Gasteiger partial charge in [-0.15, -0.1) is 4.99 Å². The SMILES string of the molecule is CN1CCNCC1.N#CN=C(N)N. The van der Waals surface area contributed by atoms with E-state index in [9.17, 15) is 0 Å². The lowest BCUT2D eigenvalue weighted by Gasteiger charge is -2.21. The van der Waals surface area contributed by atoms with Crippen LogP contribution < -0.4 is 16.8 Å². The Hall–Kier alpha value is -1.32. The Bertz CT molecular complexity index is 184. The van der Waals surface area contributed by atoms with Crippen molar-refractivity contribution in [3.8, 4) is 6.19 Å². The average molecular weight is 184 g/mol. The van der Waals surface area contributed by atoms with Crippen molar-refractivity contribution in [3.63, 3.8) is 0 Å². The van der Waals surface area contributed by atoms with Gasteiger partial charge in [-0.05, 0) is 7.05 Å². The topological polar surface area (TPSA) is 103 Å². The van der Waals surface area contributed by atoms with Gasteiger partial charge in [0.15, 0.2) is 0 Å². The van der Waals surface area contributed by atoms with Gasteiger partial charge in [-0.3, -0.25) is 0 Å². The Kier molecular flexibility index (Phi) is 6.59. The molecule has 0 aromatic carbocycles. The van der Waals surface area contributed by atoms with Crippen molar-refractivity contribution in [1.29, 1.82) is 5.26 Å². The second-order valence-corrected chi connectivity index (χ2v) is 2.69. The summed E-state index contributed by atoms with van der Waals surface area (Å²) < 4.78 is 0. The lowest BCUT2D eigenvalue weighted by molar-refractivity contribution is 0.291. The van der Waals surface area contributed by atoms with E-state index in [4.69, 9.17) is 16.7 Å². The minimum atomic E-state index is -0.197. The highest BCUT2D eigenvalue weighted by molar-refractivity contribution is 5.76. The fraction of sp³-hybridized carbons (Fsp3) is 0.714. The van der Waals surface area contributed by atoms with E-state index >= 15 is 0 Å². The summed E-state index contributed by atoms with van der Waals surface area (Å²) in [5.41, 5.74) is 9.42. The van der Waals surface area contributed by atoms with E-state index in [0.29, 0.717) is 0 Å². The molecule has 0 radical (unpaired) electrons. The molecule has 13 heavy (non-hydrogen) atoms. The first-order valence-corrected chi connectivity index (χ1v) is 4.03. The van der Waals surface area contributed by atoms with Gasteiger partial charge in [0, 0.05) is 26.2 Å². The quantitative estimate of drug-likeness (QED) is 0.235. The van der Waals surface area contributed by atoms with Crippen molar-refractivity contribution < 1.29 is 0 Å². The van der Waals surface area contributed by atoms with E-state index in [1.807, 2.05) is 0 Å². The van der Waals surface area contributed by atoms with Gasteiger partial charge in [-0.25, -0.2) is 0 Å². The van der Waals surface area contributed by atoms with Crippen LogP contribution in [0, 0.1) is 11.5 Å². The van der Waals surface area contributed by atoms with Gasteiger partial charge in [0.1, 0.15) is 0 Å². The Balaban J connectivity index is 0.000000226. The number of aliphatic imine (C=N–C) groups is 1. The molecule has 1 aliphatic heterocycles. The van der Waals surface area contributed by atoms with E-state index in [-0.39, 0.29) is 5.96 Å². The molecule has 0 atom stereocenters. The van der Waals surface area contributed by atoms with E-state index < -0.39 is 0 Å². The molecule has 0 saturated carbocycles. The summed E-state index contributed by atoms with van der Waals surface area (Å²) >= 11 is 0. The summed E-state index contributed by atoms with van der Waals surface area (Å²) in [5.74, 6) is -0.197. The molecule has 0 unspecified atom stereocenters. The maximum Gasteiger partial charge on any atom is 0.209 e. The second-order valence-electron chi connectivity index (χ2n) is 2.69. The highest BCUT2D eigenvalue weighted by atomic mass is 15.2. The summed E-state index contributed by atoms with van der Waals surface area (Å²) in [6.45, 7) is 4.74. The van der Waals surface area contributed by atoms with Crippen LogP contribution in [0.1, 0.15) is 0 Å². The van der Waals surface area contributed by atoms with Gasteiger partial charge in [0.25, 0.3) is 0 Å². The number of hydrogen-bond acceptors (Lipinski definition) is 4. The monoisotopic (exact) mass is 184 g/mol. The number of likely N-dealkylation sites (N-methyl/N-ethyl adjacent to an activating group) is 1. The summed E-state index contributed by atoms with van der Waals surface area (Å²) in [7, 11) is 2.15. The van der Waals surface area contributed by atoms with Crippen molar-refractivity contribution in [2.24, 2.45) is 16.5 Å². The zero-order valence-corrected chi connectivity index (χ0v) is 7.82. The maximum absolute atomic E-state index is 7.64. The lowest BCUT2D eigenvalue weighted by Crippen LogP contribution is -2.40. The third-order valence-corrected chi connectivity index (χ3v) is 1.52. The van der Waals surface area contributed by atoms with Gasteiger partial charge in [0.05, 0.1) is 0 Å². The smallest absolute Gasteiger partial charge is 0.209 e. The van der Waals surface area contributed by atoms with Crippen LogP contribution in [-0.4, -0.2) is 44.1 Å². The van der Waals surface area contributed by atoms with Crippen molar-refractivity contribution in [1.82, 2.24) is 10.2 Å². The Morgan fingerprint density at radius 2 is 2.00 bits per heavy atom. The van der Waals surface area contributed by atoms with Crippen LogP contribution in [0.2, 0.25) is 0 Å². The summed E-state index contributed by atoms with van der Waals surface area (Å²) in [6.07, 6.45) is 1.41. The van der Waals surface area contributed by atoms with E-state index in [1.165, 1.54) is 19.3 Å². The first-order valence-electron chi connectivity index (χ1n) is 4.03. The second kappa shape index (κ2) is 7.34. The molecular weight excluding hydrogens is 168 g/mol. The average Bonchev–Trinajstić information content (AvgIpc) is 2.06. The molecule has 0 aliphatic carbocycles. The van der Waals surface area contributed by atoms with Gasteiger partial charge in [0.2, 0.25) is 12.2 Å². The lowest BCUT2D eigenvalue weighted by atomic mass is 10.4. The molecular formula is C7H16N6. The molecule has 1 saturated heterocycles. The zero-order valence-electron chi connectivity index (χ0n) is 7.82. The molecule has 74 valence electrons. The van der Waals surface area contributed by atoms with Crippen LogP contribution in [-0.2, 0) is 0 Å². The van der Waals surface area contributed by atoms with Crippen LogP contribution >= 0.6 is 0 Å². The number of piperazine rings is 1. The molecule has 0 spiro atoms. The molecule has 0 bridgehead atoms. The molecule has 0 amide bonds. The van der Waals surface area contributed by atoms with Crippen molar-refractivity contribution in [2.45, 2.75) is 0 Å². The van der Waals surface area contributed by atoms with Crippen LogP contribution in [0.4, 0.5) is 0 Å². The molecule has 0 aromatic heterocycles. The number of hydrogen-bond donors (Lipinski definition) is 3. The fourth-order valence-corrected chi connectivity index (χ4v) is 0.834. The molecule has 1 rings (SSSR count). The third kappa shape index (κ3) is 8.59. The Labute approximate surface area is 78.2 Å². The van der Waals surface area contributed by atoms with Gasteiger partial charge in [-0.2, -0.15) is 5.26 Å². The largest absolute Gasteiger partial charge is 0.369 e. The highest BCUT2D eigenvalue weighted by Crippen LogP contribution is 1.83. The molecule has 1 aliphatic rings. The van der Waals surface area contributed by atoms with Crippen LogP contribution in [0.3, 0.4) is 0 Å². The minimum Gasteiger partial charge on any atom is -0.369 e. The van der Waals surface area contributed by atoms with Crippen LogP contribution in [0.25, 0.3) is 0 Å². The Morgan fingerprint density at radius 3 is 2.15 bits per heavy atom. The molecule has 1 fully saturated rings. The minimum absolute atomic E-state index is 0.197. The number of rotatable bonds is 0. The molecule has 0 aromatic rings. The molecule has 6 heteroatoms. The first kappa shape index (κ1) is 11.7. The van der Waals surface area contributed by atoms with Gasteiger partial charge >= 0.3 is 0 Å². The normalized spacial score (nSPS) is 16.3. The molecule has 1 heterocycles. The zero-order chi connectivity index (χ0) is 10.1. The summed E-state index contributed by atoms with van der Waals surface area (Å²) in [4.78, 5) is 5.23. The van der Waals surface area contributed by atoms with E-state index in [1.54, 1.807) is 0 Å². The van der Waals surface area contributed by atoms with Crippen LogP contribution in [0.15, 0.2) is 4.99 Å². The van der Waals surface area contributed by atoms with Gasteiger partial charge in [-0.1, -0.05) is 0 Å². The predicted octanol–water partition coefficient (Wildman–Crippen LogP) is -1.74. The number of nitrogens with one attached hydrogen (secondary N) is 1. The summed E-state index contributed by atoms with van der Waals surface area (Å²) in [5, 5.41) is 10.9. The number of nitriles is 1. The summed E-state index contributed by atoms with van der Waals surface area (Å²) in [6, 6.07) is 0. The first-order chi connectivity index (χ1) is 6.16. The number of nitrogens with zero attached hydrogens (tertiary/aromatic N) is 3.